The number of benzene rings is 1. The van der Waals surface area contributed by atoms with Crippen LogP contribution in [-0.2, 0) is 0 Å². The lowest BCUT2D eigenvalue weighted by molar-refractivity contribution is 0.1000. The number of anilines is 1. The molecule has 5 nitrogen and oxygen atoms in total. The van der Waals surface area contributed by atoms with Crippen LogP contribution in [0.5, 0.6) is 0 Å². The van der Waals surface area contributed by atoms with E-state index in [4.69, 9.17) is 5.73 Å². The van der Waals surface area contributed by atoms with Gasteiger partial charge in [-0.3, -0.25) is 4.79 Å². The molecule has 0 atom stereocenters. The van der Waals surface area contributed by atoms with Crippen molar-refractivity contribution in [1.82, 2.24) is 9.88 Å². The van der Waals surface area contributed by atoms with E-state index in [1.165, 1.54) is 0 Å². The van der Waals surface area contributed by atoms with E-state index < -0.39 is 5.91 Å². The summed E-state index contributed by atoms with van der Waals surface area (Å²) in [6.07, 6.45) is 0. The Bertz CT molecular complexity index is 647. The molecule has 0 aliphatic carbocycles. The van der Waals surface area contributed by atoms with Gasteiger partial charge in [0.1, 0.15) is 5.82 Å². The summed E-state index contributed by atoms with van der Waals surface area (Å²) in [5.74, 6) is 0.182. The molecule has 1 radical (unpaired) electrons. The fraction of sp³-hybridized carbons (Fsp3) is 0.333. The average molecular weight is 269 g/mol. The van der Waals surface area contributed by atoms with Gasteiger partial charge in [0.05, 0.1) is 11.1 Å². The minimum atomic E-state index is -0.475. The first-order valence-corrected chi connectivity index (χ1v) is 6.70. The lowest BCUT2D eigenvalue weighted by Gasteiger charge is -2.34. The summed E-state index contributed by atoms with van der Waals surface area (Å²) in [7, 11) is 2.09. The van der Waals surface area contributed by atoms with Crippen molar-refractivity contribution < 1.29 is 4.79 Å². The van der Waals surface area contributed by atoms with Crippen LogP contribution >= 0.6 is 0 Å². The molecule has 2 N–H and O–H groups in total. The van der Waals surface area contributed by atoms with Gasteiger partial charge < -0.3 is 15.5 Å². The number of hydrogen-bond acceptors (Lipinski definition) is 4. The van der Waals surface area contributed by atoms with Crippen LogP contribution in [0.4, 0.5) is 5.82 Å². The molecule has 1 saturated heterocycles. The monoisotopic (exact) mass is 269 g/mol. The molecule has 1 aromatic carbocycles. The molecular weight excluding hydrogens is 252 g/mol. The van der Waals surface area contributed by atoms with Gasteiger partial charge in [-0.15, -0.1) is 0 Å². The average Bonchev–Trinajstić information content (AvgIpc) is 2.46. The Morgan fingerprint density at radius 2 is 1.95 bits per heavy atom. The van der Waals surface area contributed by atoms with Crippen molar-refractivity contribution in [2.45, 2.75) is 0 Å². The fourth-order valence-electron chi connectivity index (χ4n) is 2.46. The fourth-order valence-corrected chi connectivity index (χ4v) is 2.46. The Balaban J connectivity index is 2.07. The zero-order valence-corrected chi connectivity index (χ0v) is 11.5. The third kappa shape index (κ3) is 2.32. The third-order valence-electron chi connectivity index (χ3n) is 3.66. The zero-order valence-electron chi connectivity index (χ0n) is 11.5. The van der Waals surface area contributed by atoms with Crippen molar-refractivity contribution >= 4 is 22.6 Å². The van der Waals surface area contributed by atoms with Gasteiger partial charge in [-0.05, 0) is 13.1 Å². The van der Waals surface area contributed by atoms with Crippen LogP contribution in [0.25, 0.3) is 10.9 Å². The number of para-hydroxylation sites is 1. The minimum Gasteiger partial charge on any atom is -0.365 e. The maximum absolute atomic E-state index is 11.7. The number of amides is 1. The normalized spacial score (nSPS) is 16.6. The van der Waals surface area contributed by atoms with Crippen molar-refractivity contribution in [2.24, 2.45) is 5.73 Å². The van der Waals surface area contributed by atoms with Gasteiger partial charge in [0.15, 0.2) is 0 Å². The van der Waals surface area contributed by atoms with Crippen LogP contribution in [0.2, 0.25) is 0 Å². The molecule has 0 saturated carbocycles. The van der Waals surface area contributed by atoms with E-state index in [-0.39, 0.29) is 0 Å². The summed E-state index contributed by atoms with van der Waals surface area (Å²) < 4.78 is 0. The smallest absolute Gasteiger partial charge is 0.253 e. The van der Waals surface area contributed by atoms with Crippen LogP contribution in [0.15, 0.2) is 24.3 Å². The van der Waals surface area contributed by atoms with E-state index in [1.54, 1.807) is 0 Å². The maximum Gasteiger partial charge on any atom is 0.253 e. The summed E-state index contributed by atoms with van der Waals surface area (Å²) in [4.78, 5) is 20.7. The predicted octanol–water partition coefficient (Wildman–Crippen LogP) is 0.886. The lowest BCUT2D eigenvalue weighted by atomic mass is 10.1. The summed E-state index contributed by atoms with van der Waals surface area (Å²) in [6, 6.07) is 10.8. The Hall–Kier alpha value is -2.14. The van der Waals surface area contributed by atoms with Crippen molar-refractivity contribution in [2.75, 3.05) is 38.1 Å². The van der Waals surface area contributed by atoms with E-state index in [2.05, 4.69) is 27.9 Å². The van der Waals surface area contributed by atoms with Gasteiger partial charge in [0.2, 0.25) is 0 Å². The summed E-state index contributed by atoms with van der Waals surface area (Å²) >= 11 is 0. The predicted molar refractivity (Wildman–Crippen MR) is 78.8 cm³/mol. The van der Waals surface area contributed by atoms with Crippen molar-refractivity contribution in [1.29, 1.82) is 0 Å². The SMILES string of the molecule is CN1CCN(c2nc3ccccc3[c]c2C(N)=O)CC1. The van der Waals surface area contributed by atoms with Gasteiger partial charge in [-0.1, -0.05) is 18.2 Å². The van der Waals surface area contributed by atoms with Gasteiger partial charge in [0.25, 0.3) is 5.91 Å². The van der Waals surface area contributed by atoms with Crippen molar-refractivity contribution in [3.8, 4) is 0 Å². The molecule has 5 heteroatoms. The number of likely N-dealkylation sites (N-methyl/N-ethyl adjacent to an activating group) is 1. The molecule has 20 heavy (non-hydrogen) atoms. The van der Waals surface area contributed by atoms with Gasteiger partial charge in [0, 0.05) is 37.6 Å². The van der Waals surface area contributed by atoms with E-state index in [1.807, 2.05) is 24.3 Å². The van der Waals surface area contributed by atoms with Crippen molar-refractivity contribution in [3.63, 3.8) is 0 Å². The molecule has 1 aromatic heterocycles. The van der Waals surface area contributed by atoms with E-state index in [0.29, 0.717) is 11.4 Å². The van der Waals surface area contributed by atoms with Gasteiger partial charge in [-0.2, -0.15) is 0 Å². The first-order valence-electron chi connectivity index (χ1n) is 6.70. The zero-order chi connectivity index (χ0) is 14.1. The van der Waals surface area contributed by atoms with Crippen molar-refractivity contribution in [3.05, 3.63) is 35.9 Å². The van der Waals surface area contributed by atoms with Crippen LogP contribution < -0.4 is 10.6 Å². The number of fused-ring (bicyclic) bond motifs is 1. The molecule has 1 amide bonds. The molecule has 103 valence electrons. The lowest BCUT2D eigenvalue weighted by Crippen LogP contribution is -2.45. The molecule has 0 unspecified atom stereocenters. The number of primary amides is 1. The molecular formula is C15H17N4O. The molecule has 1 aliphatic rings. The number of aromatic nitrogens is 1. The number of rotatable bonds is 2. The van der Waals surface area contributed by atoms with Crippen LogP contribution in [0, 0.1) is 6.07 Å². The Kier molecular flexibility index (Phi) is 3.28. The highest BCUT2D eigenvalue weighted by molar-refractivity contribution is 6.01. The summed E-state index contributed by atoms with van der Waals surface area (Å²) in [5, 5.41) is 0.819. The van der Waals surface area contributed by atoms with E-state index in [9.17, 15) is 4.79 Å². The molecule has 3 rings (SSSR count). The number of piperazine rings is 1. The number of nitrogens with two attached hydrogens (primary N) is 1. The minimum absolute atomic E-state index is 0.383. The highest BCUT2D eigenvalue weighted by atomic mass is 16.1. The summed E-state index contributed by atoms with van der Waals surface area (Å²) in [6.45, 7) is 3.59. The number of carbonyl (C=O) groups excluding carboxylic acids is 1. The highest BCUT2D eigenvalue weighted by Gasteiger charge is 2.21. The van der Waals surface area contributed by atoms with Crippen LogP contribution in [0.1, 0.15) is 10.4 Å². The second-order valence-corrected chi connectivity index (χ2v) is 5.11. The first kappa shape index (κ1) is 12.9. The molecule has 2 heterocycles. The molecule has 0 spiro atoms. The molecule has 2 aromatic rings. The Labute approximate surface area is 118 Å². The van der Waals surface area contributed by atoms with Gasteiger partial charge >= 0.3 is 0 Å². The van der Waals surface area contributed by atoms with E-state index >= 15 is 0 Å². The number of carbonyl (C=O) groups is 1. The first-order chi connectivity index (χ1) is 9.65. The number of hydrogen-bond donors (Lipinski definition) is 1. The molecule has 1 aliphatic heterocycles. The van der Waals surface area contributed by atoms with Crippen LogP contribution in [0.3, 0.4) is 0 Å². The maximum atomic E-state index is 11.7. The van der Waals surface area contributed by atoms with Gasteiger partial charge in [-0.25, -0.2) is 4.98 Å². The number of pyridine rings is 1. The quantitative estimate of drug-likeness (QED) is 0.879. The standard InChI is InChI=1S/C15H17N4O/c1-18-6-8-19(9-7-18)15-12(14(16)20)10-11-4-2-3-5-13(11)17-15/h2-5H,6-9H2,1H3,(H2,16,20). The Morgan fingerprint density at radius 3 is 2.65 bits per heavy atom. The molecule has 1 fully saturated rings. The second-order valence-electron chi connectivity index (χ2n) is 5.11. The van der Waals surface area contributed by atoms with Crippen LogP contribution in [-0.4, -0.2) is 49.0 Å². The van der Waals surface area contributed by atoms with E-state index in [0.717, 1.165) is 37.1 Å². The topological polar surface area (TPSA) is 62.5 Å². The highest BCUT2D eigenvalue weighted by Crippen LogP contribution is 2.23. The Morgan fingerprint density at radius 1 is 1.25 bits per heavy atom. The third-order valence-corrected chi connectivity index (χ3v) is 3.66. The summed E-state index contributed by atoms with van der Waals surface area (Å²) in [5.41, 5.74) is 6.71. The molecule has 0 bridgehead atoms. The second kappa shape index (κ2) is 5.09. The number of nitrogens with zero attached hydrogens (tertiary/aromatic N) is 3. The largest absolute Gasteiger partial charge is 0.365 e.